The normalized spacial score (nSPS) is 11.8. The number of nitrogens with zero attached hydrogens (tertiary/aromatic N) is 2. The smallest absolute Gasteiger partial charge is 0.230 e. The molecule has 2 aromatic carbocycles. The standard InChI is InChI=1S/C29H37N3O3/c1-6-26(22-11-8-7-9-12-22)29(34)32(20-25-13-10-16-35-25)19-23-18-24(14-15-27(23)31(4)5)30-28(33)17-21(2)3/h7-16,18,21,26H,6,17,19-20H2,1-5H3,(H,30,33). The third kappa shape index (κ3) is 7.22. The Balaban J connectivity index is 1.94. The number of hydrogen-bond acceptors (Lipinski definition) is 4. The summed E-state index contributed by atoms with van der Waals surface area (Å²) < 4.78 is 5.60. The van der Waals surface area contributed by atoms with E-state index in [4.69, 9.17) is 4.42 Å². The number of carbonyl (C=O) groups is 2. The molecule has 0 bridgehead atoms. The molecule has 0 spiro atoms. The third-order valence-corrected chi connectivity index (χ3v) is 5.95. The second-order valence-corrected chi connectivity index (χ2v) is 9.53. The van der Waals surface area contributed by atoms with Crippen LogP contribution in [-0.4, -0.2) is 30.8 Å². The van der Waals surface area contributed by atoms with Gasteiger partial charge >= 0.3 is 0 Å². The van der Waals surface area contributed by atoms with Crippen molar-refractivity contribution < 1.29 is 14.0 Å². The highest BCUT2D eigenvalue weighted by molar-refractivity contribution is 5.91. The van der Waals surface area contributed by atoms with Crippen molar-refractivity contribution in [3.63, 3.8) is 0 Å². The number of anilines is 2. The lowest BCUT2D eigenvalue weighted by molar-refractivity contribution is -0.134. The first-order chi connectivity index (χ1) is 16.8. The zero-order chi connectivity index (χ0) is 25.4. The van der Waals surface area contributed by atoms with E-state index in [0.717, 1.165) is 28.3 Å². The van der Waals surface area contributed by atoms with Crippen molar-refractivity contribution in [2.24, 2.45) is 5.92 Å². The zero-order valence-corrected chi connectivity index (χ0v) is 21.5. The molecule has 1 atom stereocenters. The Morgan fingerprint density at radius 1 is 0.971 bits per heavy atom. The predicted molar refractivity (Wildman–Crippen MR) is 141 cm³/mol. The van der Waals surface area contributed by atoms with E-state index in [-0.39, 0.29) is 23.7 Å². The molecule has 0 saturated carbocycles. The predicted octanol–water partition coefficient (Wildman–Crippen LogP) is 6.05. The maximum atomic E-state index is 13.9. The van der Waals surface area contributed by atoms with Crippen molar-refractivity contribution >= 4 is 23.2 Å². The quantitative estimate of drug-likeness (QED) is 0.366. The molecular weight excluding hydrogens is 438 g/mol. The second-order valence-electron chi connectivity index (χ2n) is 9.53. The molecule has 0 fully saturated rings. The number of furan rings is 1. The van der Waals surface area contributed by atoms with Crippen LogP contribution in [0.25, 0.3) is 0 Å². The van der Waals surface area contributed by atoms with Crippen LogP contribution in [0.2, 0.25) is 0 Å². The number of nitrogens with one attached hydrogen (secondary N) is 1. The monoisotopic (exact) mass is 475 g/mol. The Hall–Kier alpha value is -3.54. The highest BCUT2D eigenvalue weighted by Crippen LogP contribution is 2.29. The number of rotatable bonds is 11. The van der Waals surface area contributed by atoms with Gasteiger partial charge in [-0.1, -0.05) is 51.1 Å². The molecule has 0 saturated heterocycles. The van der Waals surface area contributed by atoms with Gasteiger partial charge in [0.1, 0.15) is 5.76 Å². The summed E-state index contributed by atoms with van der Waals surface area (Å²) in [6.07, 6.45) is 2.79. The first-order valence-corrected chi connectivity index (χ1v) is 12.2. The van der Waals surface area contributed by atoms with Gasteiger partial charge in [0.2, 0.25) is 11.8 Å². The maximum Gasteiger partial charge on any atom is 0.230 e. The van der Waals surface area contributed by atoms with E-state index in [0.29, 0.717) is 25.9 Å². The van der Waals surface area contributed by atoms with Gasteiger partial charge in [-0.15, -0.1) is 0 Å². The van der Waals surface area contributed by atoms with Crippen molar-refractivity contribution in [2.75, 3.05) is 24.3 Å². The fourth-order valence-corrected chi connectivity index (χ4v) is 4.28. The molecular formula is C29H37N3O3. The van der Waals surface area contributed by atoms with Gasteiger partial charge in [-0.25, -0.2) is 0 Å². The van der Waals surface area contributed by atoms with Crippen LogP contribution in [0.3, 0.4) is 0 Å². The highest BCUT2D eigenvalue weighted by atomic mass is 16.3. The molecule has 0 aliphatic heterocycles. The summed E-state index contributed by atoms with van der Waals surface area (Å²) in [5.74, 6) is 0.800. The van der Waals surface area contributed by atoms with Gasteiger partial charge in [0, 0.05) is 38.4 Å². The summed E-state index contributed by atoms with van der Waals surface area (Å²) in [5, 5.41) is 3.01. The molecule has 0 radical (unpaired) electrons. The second kappa shape index (κ2) is 12.2. The topological polar surface area (TPSA) is 65.8 Å². The molecule has 2 amide bonds. The Bertz CT molecular complexity index is 1090. The molecule has 6 heteroatoms. The highest BCUT2D eigenvalue weighted by Gasteiger charge is 2.26. The molecule has 186 valence electrons. The van der Waals surface area contributed by atoms with E-state index in [1.165, 1.54) is 0 Å². The van der Waals surface area contributed by atoms with Gasteiger partial charge in [0.05, 0.1) is 18.7 Å². The van der Waals surface area contributed by atoms with Crippen LogP contribution < -0.4 is 10.2 Å². The van der Waals surface area contributed by atoms with Crippen molar-refractivity contribution in [2.45, 2.75) is 52.6 Å². The molecule has 35 heavy (non-hydrogen) atoms. The SMILES string of the molecule is CCC(C(=O)N(Cc1ccco1)Cc1cc(NC(=O)CC(C)C)ccc1N(C)C)c1ccccc1. The number of hydrogen-bond donors (Lipinski definition) is 1. The lowest BCUT2D eigenvalue weighted by Crippen LogP contribution is -2.34. The van der Waals surface area contributed by atoms with E-state index in [2.05, 4.69) is 5.32 Å². The first-order valence-electron chi connectivity index (χ1n) is 12.2. The lowest BCUT2D eigenvalue weighted by atomic mass is 9.94. The molecule has 1 N–H and O–H groups in total. The fraction of sp³-hybridized carbons (Fsp3) is 0.379. The van der Waals surface area contributed by atoms with Crippen LogP contribution in [0.15, 0.2) is 71.3 Å². The minimum absolute atomic E-state index is 0.0119. The van der Waals surface area contributed by atoms with E-state index in [1.54, 1.807) is 6.26 Å². The molecule has 1 aromatic heterocycles. The van der Waals surface area contributed by atoms with Gasteiger partial charge in [0.25, 0.3) is 0 Å². The zero-order valence-electron chi connectivity index (χ0n) is 21.5. The molecule has 0 aliphatic carbocycles. The molecule has 1 unspecified atom stereocenters. The average molecular weight is 476 g/mol. The van der Waals surface area contributed by atoms with E-state index < -0.39 is 0 Å². The Kier molecular flexibility index (Phi) is 9.12. The van der Waals surface area contributed by atoms with Crippen molar-refractivity contribution in [3.05, 3.63) is 83.8 Å². The molecule has 3 rings (SSSR count). The molecule has 1 heterocycles. The lowest BCUT2D eigenvalue weighted by Gasteiger charge is -2.29. The van der Waals surface area contributed by atoms with Gasteiger partial charge in [0.15, 0.2) is 0 Å². The van der Waals surface area contributed by atoms with E-state index in [1.807, 2.05) is 105 Å². The largest absolute Gasteiger partial charge is 0.467 e. The fourth-order valence-electron chi connectivity index (χ4n) is 4.28. The van der Waals surface area contributed by atoms with Crippen LogP contribution in [0.1, 0.15) is 56.4 Å². The Morgan fingerprint density at radius 3 is 2.31 bits per heavy atom. The summed E-state index contributed by atoms with van der Waals surface area (Å²) in [7, 11) is 3.96. The van der Waals surface area contributed by atoms with Crippen LogP contribution in [-0.2, 0) is 22.7 Å². The summed E-state index contributed by atoms with van der Waals surface area (Å²) in [5.41, 5.74) is 3.70. The molecule has 6 nitrogen and oxygen atoms in total. The summed E-state index contributed by atoms with van der Waals surface area (Å²) in [6.45, 7) is 6.84. The minimum atomic E-state index is -0.247. The van der Waals surface area contributed by atoms with Gasteiger partial charge in [-0.3, -0.25) is 9.59 Å². The Labute approximate surface area is 208 Å². The van der Waals surface area contributed by atoms with Crippen molar-refractivity contribution in [1.82, 2.24) is 4.90 Å². The molecule has 0 aliphatic rings. The van der Waals surface area contributed by atoms with Gasteiger partial charge in [-0.2, -0.15) is 0 Å². The Morgan fingerprint density at radius 2 is 1.71 bits per heavy atom. The summed E-state index contributed by atoms with van der Waals surface area (Å²) >= 11 is 0. The number of amides is 2. The minimum Gasteiger partial charge on any atom is -0.467 e. The van der Waals surface area contributed by atoms with E-state index >= 15 is 0 Å². The number of carbonyl (C=O) groups excluding carboxylic acids is 2. The summed E-state index contributed by atoms with van der Waals surface area (Å²) in [4.78, 5) is 30.1. The van der Waals surface area contributed by atoms with Gasteiger partial charge < -0.3 is 19.5 Å². The van der Waals surface area contributed by atoms with Crippen LogP contribution in [0, 0.1) is 5.92 Å². The van der Waals surface area contributed by atoms with Gasteiger partial charge in [-0.05, 0) is 53.8 Å². The van der Waals surface area contributed by atoms with Crippen molar-refractivity contribution in [1.29, 1.82) is 0 Å². The van der Waals surface area contributed by atoms with Crippen LogP contribution >= 0.6 is 0 Å². The van der Waals surface area contributed by atoms with Crippen LogP contribution in [0.4, 0.5) is 11.4 Å². The van der Waals surface area contributed by atoms with Crippen LogP contribution in [0.5, 0.6) is 0 Å². The molecule has 3 aromatic rings. The van der Waals surface area contributed by atoms with Crippen molar-refractivity contribution in [3.8, 4) is 0 Å². The van der Waals surface area contributed by atoms with E-state index in [9.17, 15) is 9.59 Å². The average Bonchev–Trinajstić information content (AvgIpc) is 3.32. The maximum absolute atomic E-state index is 13.9. The third-order valence-electron chi connectivity index (χ3n) is 5.95. The number of benzene rings is 2. The first kappa shape index (κ1) is 26.1. The summed E-state index contributed by atoms with van der Waals surface area (Å²) in [6, 6.07) is 19.5.